The molecule has 0 aromatic heterocycles. The average molecular weight is 345 g/mol. The molecule has 5 aliphatic carbocycles. The van der Waals surface area contributed by atoms with Gasteiger partial charge in [0.05, 0.1) is 0 Å². The molecule has 5 rings (SSSR count). The molecular weight excluding hydrogens is 314 g/mol. The van der Waals surface area contributed by atoms with Gasteiger partial charge in [-0.2, -0.15) is 0 Å². The number of carbonyl (C=O) groups excluding carboxylic acids is 2. The van der Waals surface area contributed by atoms with Gasteiger partial charge in [0.25, 0.3) is 0 Å². The lowest BCUT2D eigenvalue weighted by molar-refractivity contribution is -0.178. The number of ether oxygens (including phenoxy) is 1. The van der Waals surface area contributed by atoms with Gasteiger partial charge in [0, 0.05) is 0 Å². The number of esters is 1. The van der Waals surface area contributed by atoms with Gasteiger partial charge in [-0.1, -0.05) is 19.3 Å². The van der Waals surface area contributed by atoms with Crippen LogP contribution in [0.3, 0.4) is 0 Å². The Balaban J connectivity index is 1.41. The standard InChI is InChI=1S/C21H31NO3/c1-20(14-23,18-5-3-2-4-6-18)22-13-19(24)25-21-10-15-7-16(11-21)9-17(8-15)12-21/h13-18H,2-12H2,1H3/t15?,16?,17?,20-,21?/m0/s1. The van der Waals surface area contributed by atoms with E-state index in [-0.39, 0.29) is 17.5 Å². The molecule has 1 atom stereocenters. The molecule has 25 heavy (non-hydrogen) atoms. The molecule has 0 saturated heterocycles. The molecule has 0 aliphatic heterocycles. The lowest BCUT2D eigenvalue weighted by atomic mass is 9.54. The van der Waals surface area contributed by atoms with Gasteiger partial charge in [-0.05, 0) is 82.0 Å². The van der Waals surface area contributed by atoms with Crippen molar-refractivity contribution in [3.8, 4) is 0 Å². The van der Waals surface area contributed by atoms with Crippen LogP contribution in [0.25, 0.3) is 0 Å². The second-order valence-corrected chi connectivity index (χ2v) is 9.46. The van der Waals surface area contributed by atoms with Crippen LogP contribution in [0.5, 0.6) is 0 Å². The van der Waals surface area contributed by atoms with Crippen LogP contribution in [-0.2, 0) is 14.3 Å². The third-order valence-corrected chi connectivity index (χ3v) is 7.42. The SMILES string of the molecule is C[C@@](C=O)(N=CC(=O)OC12CC3CC(CC(C3)C1)C2)C1CCCCC1. The first kappa shape index (κ1) is 17.2. The maximum absolute atomic E-state index is 12.5. The summed E-state index contributed by atoms with van der Waals surface area (Å²) in [5, 5.41) is 0. The number of hydrogen-bond acceptors (Lipinski definition) is 4. The number of aliphatic imine (C=N–C) groups is 1. The van der Waals surface area contributed by atoms with Crippen molar-refractivity contribution in [1.82, 2.24) is 0 Å². The number of rotatable bonds is 5. The van der Waals surface area contributed by atoms with Gasteiger partial charge in [0.2, 0.25) is 0 Å². The first-order valence-corrected chi connectivity index (χ1v) is 10.2. The third kappa shape index (κ3) is 3.41. The van der Waals surface area contributed by atoms with Gasteiger partial charge in [0.15, 0.2) is 0 Å². The van der Waals surface area contributed by atoms with Crippen LogP contribution < -0.4 is 0 Å². The van der Waals surface area contributed by atoms with Crippen LogP contribution in [-0.4, -0.2) is 29.6 Å². The van der Waals surface area contributed by atoms with Gasteiger partial charge in [-0.3, -0.25) is 4.99 Å². The second kappa shape index (κ2) is 6.51. The molecule has 138 valence electrons. The maximum atomic E-state index is 12.5. The van der Waals surface area contributed by atoms with E-state index in [4.69, 9.17) is 4.74 Å². The van der Waals surface area contributed by atoms with E-state index in [9.17, 15) is 9.59 Å². The average Bonchev–Trinajstić information content (AvgIpc) is 2.59. The van der Waals surface area contributed by atoms with E-state index in [1.165, 1.54) is 31.9 Å². The highest BCUT2D eigenvalue weighted by Gasteiger charge is 2.53. The van der Waals surface area contributed by atoms with Crippen LogP contribution in [0.15, 0.2) is 4.99 Å². The molecule has 4 bridgehead atoms. The summed E-state index contributed by atoms with van der Waals surface area (Å²) in [5.41, 5.74) is -1.01. The van der Waals surface area contributed by atoms with Crippen molar-refractivity contribution < 1.29 is 14.3 Å². The number of aldehydes is 1. The number of carbonyl (C=O) groups is 2. The molecule has 4 nitrogen and oxygen atoms in total. The minimum atomic E-state index is -0.777. The highest BCUT2D eigenvalue weighted by atomic mass is 16.6. The summed E-state index contributed by atoms with van der Waals surface area (Å²) in [6.45, 7) is 1.87. The fraction of sp³-hybridized carbons (Fsp3) is 0.857. The molecule has 0 spiro atoms. The summed E-state index contributed by atoms with van der Waals surface area (Å²) in [4.78, 5) is 28.6. The first-order chi connectivity index (χ1) is 12.0. The fourth-order valence-electron chi connectivity index (χ4n) is 6.51. The molecule has 0 N–H and O–H groups in total. The summed E-state index contributed by atoms with van der Waals surface area (Å²) >= 11 is 0. The van der Waals surface area contributed by atoms with Crippen molar-refractivity contribution in [2.45, 2.75) is 88.7 Å². The van der Waals surface area contributed by atoms with Crippen LogP contribution in [0.4, 0.5) is 0 Å². The molecule has 0 aromatic carbocycles. The van der Waals surface area contributed by atoms with Gasteiger partial charge >= 0.3 is 5.97 Å². The lowest BCUT2D eigenvalue weighted by Gasteiger charge is -2.55. The van der Waals surface area contributed by atoms with Crippen LogP contribution in [0.2, 0.25) is 0 Å². The summed E-state index contributed by atoms with van der Waals surface area (Å²) in [5.74, 6) is 2.16. The van der Waals surface area contributed by atoms with Crippen molar-refractivity contribution in [2.75, 3.05) is 0 Å². The molecule has 0 unspecified atom stereocenters. The topological polar surface area (TPSA) is 55.7 Å². The maximum Gasteiger partial charge on any atom is 0.349 e. The quantitative estimate of drug-likeness (QED) is 0.428. The molecule has 4 heteroatoms. The highest BCUT2D eigenvalue weighted by molar-refractivity contribution is 6.23. The molecule has 0 radical (unpaired) electrons. The molecule has 0 aromatic rings. The summed E-state index contributed by atoms with van der Waals surface area (Å²) in [6, 6.07) is 0. The normalized spacial score (nSPS) is 40.1. The number of nitrogens with zero attached hydrogens (tertiary/aromatic N) is 1. The van der Waals surface area contributed by atoms with Crippen LogP contribution >= 0.6 is 0 Å². The van der Waals surface area contributed by atoms with E-state index in [2.05, 4.69) is 4.99 Å². The largest absolute Gasteiger partial charge is 0.455 e. The molecule has 5 fully saturated rings. The Morgan fingerprint density at radius 1 is 1.04 bits per heavy atom. The first-order valence-electron chi connectivity index (χ1n) is 10.2. The van der Waals surface area contributed by atoms with E-state index >= 15 is 0 Å². The van der Waals surface area contributed by atoms with Gasteiger partial charge in [0.1, 0.15) is 23.6 Å². The molecule has 5 saturated carbocycles. The Kier molecular flexibility index (Phi) is 4.49. The molecule has 0 heterocycles. The zero-order chi connectivity index (χ0) is 17.5. The predicted octanol–water partition coefficient (Wildman–Crippen LogP) is 4.11. The highest BCUT2D eigenvalue weighted by Crippen LogP contribution is 2.57. The second-order valence-electron chi connectivity index (χ2n) is 9.46. The summed E-state index contributed by atoms with van der Waals surface area (Å²) in [7, 11) is 0. The summed E-state index contributed by atoms with van der Waals surface area (Å²) < 4.78 is 5.97. The Labute approximate surface area is 150 Å². The Hall–Kier alpha value is -1.19. The van der Waals surface area contributed by atoms with Crippen molar-refractivity contribution >= 4 is 18.5 Å². The Bertz CT molecular complexity index is 528. The van der Waals surface area contributed by atoms with Crippen molar-refractivity contribution in [2.24, 2.45) is 28.7 Å². The molecular formula is C21H31NO3. The van der Waals surface area contributed by atoms with Crippen LogP contribution in [0, 0.1) is 23.7 Å². The van der Waals surface area contributed by atoms with Gasteiger partial charge in [-0.15, -0.1) is 0 Å². The van der Waals surface area contributed by atoms with E-state index in [1.807, 2.05) is 6.92 Å². The summed E-state index contributed by atoms with van der Waals surface area (Å²) in [6.07, 6.45) is 14.9. The Morgan fingerprint density at radius 2 is 1.60 bits per heavy atom. The zero-order valence-electron chi connectivity index (χ0n) is 15.4. The van der Waals surface area contributed by atoms with E-state index in [0.717, 1.165) is 69.0 Å². The smallest absolute Gasteiger partial charge is 0.349 e. The van der Waals surface area contributed by atoms with Crippen molar-refractivity contribution in [1.29, 1.82) is 0 Å². The van der Waals surface area contributed by atoms with Gasteiger partial charge in [-0.25, -0.2) is 4.79 Å². The monoisotopic (exact) mass is 345 g/mol. The van der Waals surface area contributed by atoms with Crippen molar-refractivity contribution in [3.05, 3.63) is 0 Å². The minimum absolute atomic E-state index is 0.236. The minimum Gasteiger partial charge on any atom is -0.455 e. The van der Waals surface area contributed by atoms with Gasteiger partial charge < -0.3 is 9.53 Å². The van der Waals surface area contributed by atoms with E-state index < -0.39 is 5.54 Å². The van der Waals surface area contributed by atoms with Crippen LogP contribution in [0.1, 0.15) is 77.6 Å². The lowest BCUT2D eigenvalue weighted by Crippen LogP contribution is -2.53. The van der Waals surface area contributed by atoms with E-state index in [0.29, 0.717) is 0 Å². The Morgan fingerprint density at radius 3 is 2.12 bits per heavy atom. The zero-order valence-corrected chi connectivity index (χ0v) is 15.4. The van der Waals surface area contributed by atoms with E-state index in [1.54, 1.807) is 0 Å². The number of hydrogen-bond donors (Lipinski definition) is 0. The molecule has 0 amide bonds. The van der Waals surface area contributed by atoms with Crippen molar-refractivity contribution in [3.63, 3.8) is 0 Å². The third-order valence-electron chi connectivity index (χ3n) is 7.42. The fourth-order valence-corrected chi connectivity index (χ4v) is 6.51. The molecule has 5 aliphatic rings. The predicted molar refractivity (Wildman–Crippen MR) is 96.5 cm³/mol.